The highest BCUT2D eigenvalue weighted by atomic mass is 16.6. The molecule has 2 amide bonds. The largest absolute Gasteiger partial charge is 0.486 e. The van der Waals surface area contributed by atoms with Crippen LogP contribution in [0.15, 0.2) is 18.2 Å². The van der Waals surface area contributed by atoms with Gasteiger partial charge < -0.3 is 19.3 Å². The number of likely N-dealkylation sites (tertiary alicyclic amines) is 1. The molecule has 1 unspecified atom stereocenters. The smallest absolute Gasteiger partial charge is 0.224 e. The number of carbonyl (C=O) groups is 2. The van der Waals surface area contributed by atoms with Crippen molar-refractivity contribution in [3.8, 4) is 11.5 Å². The number of carbonyl (C=O) groups excluding carboxylic acids is 2. The average Bonchev–Trinajstić information content (AvgIpc) is 2.61. The summed E-state index contributed by atoms with van der Waals surface area (Å²) in [6.45, 7) is 6.75. The van der Waals surface area contributed by atoms with E-state index in [1.165, 1.54) is 13.3 Å². The Morgan fingerprint density at radius 1 is 1.24 bits per heavy atom. The summed E-state index contributed by atoms with van der Waals surface area (Å²) in [6, 6.07) is 5.46. The molecular formula is C19H26N2O4. The van der Waals surface area contributed by atoms with E-state index in [2.05, 4.69) is 6.92 Å². The Labute approximate surface area is 148 Å². The van der Waals surface area contributed by atoms with Gasteiger partial charge in [-0.15, -0.1) is 0 Å². The first kappa shape index (κ1) is 17.6. The fourth-order valence-electron chi connectivity index (χ4n) is 3.45. The molecule has 1 aromatic rings. The molecule has 0 radical (unpaired) electrons. The first-order valence-corrected chi connectivity index (χ1v) is 9.00. The fourth-order valence-corrected chi connectivity index (χ4v) is 3.45. The van der Waals surface area contributed by atoms with E-state index in [0.29, 0.717) is 43.6 Å². The third-order valence-corrected chi connectivity index (χ3v) is 4.78. The van der Waals surface area contributed by atoms with E-state index in [0.717, 1.165) is 25.2 Å². The van der Waals surface area contributed by atoms with Crippen LogP contribution >= 0.6 is 0 Å². The van der Waals surface area contributed by atoms with Crippen molar-refractivity contribution in [1.29, 1.82) is 0 Å². The third kappa shape index (κ3) is 4.24. The minimum Gasteiger partial charge on any atom is -0.486 e. The number of amides is 2. The molecule has 0 saturated carbocycles. The number of rotatable bonds is 4. The summed E-state index contributed by atoms with van der Waals surface area (Å²) in [7, 11) is 0. The van der Waals surface area contributed by atoms with Gasteiger partial charge in [0.2, 0.25) is 11.8 Å². The number of ether oxygens (including phenoxy) is 2. The quantitative estimate of drug-likeness (QED) is 0.840. The molecule has 0 N–H and O–H groups in total. The normalized spacial score (nSPS) is 19.4. The third-order valence-electron chi connectivity index (χ3n) is 4.78. The maximum Gasteiger partial charge on any atom is 0.224 e. The summed E-state index contributed by atoms with van der Waals surface area (Å²) < 4.78 is 11.1. The van der Waals surface area contributed by atoms with Gasteiger partial charge in [-0.05, 0) is 30.9 Å². The zero-order valence-corrected chi connectivity index (χ0v) is 15.0. The van der Waals surface area contributed by atoms with E-state index in [1.54, 1.807) is 4.90 Å². The summed E-state index contributed by atoms with van der Waals surface area (Å²) in [5.74, 6) is 1.93. The summed E-state index contributed by atoms with van der Waals surface area (Å²) in [4.78, 5) is 28.1. The van der Waals surface area contributed by atoms with Crippen LogP contribution in [0, 0.1) is 5.92 Å². The second kappa shape index (κ2) is 7.76. The van der Waals surface area contributed by atoms with Gasteiger partial charge in [-0.25, -0.2) is 0 Å². The summed E-state index contributed by atoms with van der Waals surface area (Å²) in [6.07, 6.45) is 2.58. The SMILES string of the molecule is CC(=O)N(CCC(=O)N1CCCC(C)C1)c1ccc2c(c1)OCCO2. The molecule has 6 nitrogen and oxygen atoms in total. The number of piperidine rings is 1. The molecular weight excluding hydrogens is 320 g/mol. The molecule has 1 atom stereocenters. The topological polar surface area (TPSA) is 59.1 Å². The van der Waals surface area contributed by atoms with Crippen LogP contribution in [0.5, 0.6) is 11.5 Å². The van der Waals surface area contributed by atoms with E-state index in [4.69, 9.17) is 9.47 Å². The Morgan fingerprint density at radius 2 is 2.00 bits per heavy atom. The summed E-state index contributed by atoms with van der Waals surface area (Å²) >= 11 is 0. The monoisotopic (exact) mass is 346 g/mol. The lowest BCUT2D eigenvalue weighted by molar-refractivity contribution is -0.132. The van der Waals surface area contributed by atoms with Gasteiger partial charge in [0.25, 0.3) is 0 Å². The Kier molecular flexibility index (Phi) is 5.46. The van der Waals surface area contributed by atoms with Crippen molar-refractivity contribution < 1.29 is 19.1 Å². The van der Waals surface area contributed by atoms with E-state index in [-0.39, 0.29) is 11.8 Å². The van der Waals surface area contributed by atoms with Crippen molar-refractivity contribution in [3.05, 3.63) is 18.2 Å². The van der Waals surface area contributed by atoms with Gasteiger partial charge in [0.05, 0.1) is 0 Å². The lowest BCUT2D eigenvalue weighted by Gasteiger charge is -2.32. The van der Waals surface area contributed by atoms with Gasteiger partial charge in [0.15, 0.2) is 11.5 Å². The Morgan fingerprint density at radius 3 is 2.72 bits per heavy atom. The van der Waals surface area contributed by atoms with Gasteiger partial charge >= 0.3 is 0 Å². The van der Waals surface area contributed by atoms with Crippen LogP contribution in [-0.4, -0.2) is 49.6 Å². The van der Waals surface area contributed by atoms with Crippen molar-refractivity contribution in [1.82, 2.24) is 4.90 Å². The molecule has 136 valence electrons. The van der Waals surface area contributed by atoms with Gasteiger partial charge in [-0.1, -0.05) is 6.92 Å². The zero-order valence-electron chi connectivity index (χ0n) is 15.0. The molecule has 2 heterocycles. The first-order valence-electron chi connectivity index (χ1n) is 9.00. The standard InChI is InChI=1S/C19H26N2O4/c1-14-4-3-8-20(13-14)19(23)7-9-21(15(2)22)16-5-6-17-18(12-16)25-11-10-24-17/h5-6,12,14H,3-4,7-11,13H2,1-2H3. The van der Waals surface area contributed by atoms with E-state index in [1.807, 2.05) is 23.1 Å². The van der Waals surface area contributed by atoms with Crippen LogP contribution in [0.1, 0.15) is 33.1 Å². The highest BCUT2D eigenvalue weighted by Gasteiger charge is 2.23. The maximum absolute atomic E-state index is 12.5. The van der Waals surface area contributed by atoms with Crippen LogP contribution < -0.4 is 14.4 Å². The van der Waals surface area contributed by atoms with Crippen molar-refractivity contribution in [2.45, 2.75) is 33.1 Å². The Bertz CT molecular complexity index is 646. The molecule has 2 aliphatic heterocycles. The average molecular weight is 346 g/mol. The molecule has 25 heavy (non-hydrogen) atoms. The van der Waals surface area contributed by atoms with Crippen LogP contribution in [0.25, 0.3) is 0 Å². The minimum absolute atomic E-state index is 0.0866. The van der Waals surface area contributed by atoms with Gasteiger partial charge in [-0.2, -0.15) is 0 Å². The number of fused-ring (bicyclic) bond motifs is 1. The number of nitrogens with zero attached hydrogens (tertiary/aromatic N) is 2. The van der Waals surface area contributed by atoms with Crippen LogP contribution in [-0.2, 0) is 9.59 Å². The van der Waals surface area contributed by atoms with Crippen LogP contribution in [0.2, 0.25) is 0 Å². The summed E-state index contributed by atoms with van der Waals surface area (Å²) in [5, 5.41) is 0. The molecule has 0 aliphatic carbocycles. The number of hydrogen-bond acceptors (Lipinski definition) is 4. The predicted molar refractivity (Wildman–Crippen MR) is 95.1 cm³/mol. The highest BCUT2D eigenvalue weighted by Crippen LogP contribution is 2.34. The number of benzene rings is 1. The molecule has 0 spiro atoms. The minimum atomic E-state index is -0.0866. The molecule has 6 heteroatoms. The van der Waals surface area contributed by atoms with Gasteiger partial charge in [0, 0.05) is 44.7 Å². The van der Waals surface area contributed by atoms with Crippen molar-refractivity contribution in [2.75, 3.05) is 37.7 Å². The molecule has 1 saturated heterocycles. The van der Waals surface area contributed by atoms with Gasteiger partial charge in [-0.3, -0.25) is 9.59 Å². The van der Waals surface area contributed by atoms with Crippen molar-refractivity contribution >= 4 is 17.5 Å². The zero-order chi connectivity index (χ0) is 17.8. The van der Waals surface area contributed by atoms with Crippen LogP contribution in [0.3, 0.4) is 0 Å². The molecule has 0 bridgehead atoms. The fraction of sp³-hybridized carbons (Fsp3) is 0.579. The maximum atomic E-state index is 12.5. The lowest BCUT2D eigenvalue weighted by atomic mass is 10.00. The highest BCUT2D eigenvalue weighted by molar-refractivity contribution is 5.92. The summed E-state index contributed by atoms with van der Waals surface area (Å²) in [5.41, 5.74) is 0.733. The lowest BCUT2D eigenvalue weighted by Crippen LogP contribution is -2.41. The second-order valence-corrected chi connectivity index (χ2v) is 6.84. The molecule has 0 aromatic heterocycles. The van der Waals surface area contributed by atoms with Crippen LogP contribution in [0.4, 0.5) is 5.69 Å². The van der Waals surface area contributed by atoms with E-state index in [9.17, 15) is 9.59 Å². The van der Waals surface area contributed by atoms with Crippen molar-refractivity contribution in [3.63, 3.8) is 0 Å². The molecule has 2 aliphatic rings. The Balaban J connectivity index is 1.65. The van der Waals surface area contributed by atoms with Crippen molar-refractivity contribution in [2.24, 2.45) is 5.92 Å². The van der Waals surface area contributed by atoms with Gasteiger partial charge in [0.1, 0.15) is 13.2 Å². The molecule has 3 rings (SSSR count). The number of hydrogen-bond donors (Lipinski definition) is 0. The first-order chi connectivity index (χ1) is 12.0. The molecule has 1 fully saturated rings. The number of anilines is 1. The second-order valence-electron chi connectivity index (χ2n) is 6.84. The van der Waals surface area contributed by atoms with E-state index < -0.39 is 0 Å². The predicted octanol–water partition coefficient (Wildman–Crippen LogP) is 2.46. The molecule has 1 aromatic carbocycles. The van der Waals surface area contributed by atoms with E-state index >= 15 is 0 Å². The Hall–Kier alpha value is -2.24.